The Kier molecular flexibility index (Phi) is 4.75. The fraction of sp³-hybridized carbons (Fsp3) is 0.526. The number of benzene rings is 1. The van der Waals surface area contributed by atoms with Crippen molar-refractivity contribution in [2.45, 2.75) is 18.9 Å². The summed E-state index contributed by atoms with van der Waals surface area (Å²) in [7, 11) is 0. The van der Waals surface area contributed by atoms with Gasteiger partial charge in [-0.1, -0.05) is 12.1 Å². The quantitative estimate of drug-likeness (QED) is 0.880. The normalized spacial score (nSPS) is 24.7. The summed E-state index contributed by atoms with van der Waals surface area (Å²) < 4.78 is 5.50. The summed E-state index contributed by atoms with van der Waals surface area (Å²) in [6, 6.07) is 8.14. The molecule has 1 unspecified atom stereocenters. The zero-order valence-electron chi connectivity index (χ0n) is 14.6. The molecule has 2 saturated heterocycles. The predicted octanol–water partition coefficient (Wildman–Crippen LogP) is 2.41. The summed E-state index contributed by atoms with van der Waals surface area (Å²) in [4.78, 5) is 18.5. The number of rotatable bonds is 4. The SMILES string of the molecule is Cc1ccc2cc(C(=O)NCC3(N4CCOCC4)CCSC3)[nH]c2c1. The number of carbonyl (C=O) groups excluding carboxylic acids is 1. The maximum Gasteiger partial charge on any atom is 0.267 e. The average molecular weight is 359 g/mol. The van der Waals surface area contributed by atoms with E-state index < -0.39 is 0 Å². The molecule has 0 radical (unpaired) electrons. The van der Waals surface area contributed by atoms with Gasteiger partial charge in [-0.25, -0.2) is 0 Å². The van der Waals surface area contributed by atoms with Crippen molar-refractivity contribution in [2.75, 3.05) is 44.4 Å². The van der Waals surface area contributed by atoms with Gasteiger partial charge in [-0.15, -0.1) is 0 Å². The van der Waals surface area contributed by atoms with E-state index in [2.05, 4.69) is 40.3 Å². The third kappa shape index (κ3) is 3.43. The number of nitrogens with zero attached hydrogens (tertiary/aromatic N) is 1. The monoisotopic (exact) mass is 359 g/mol. The predicted molar refractivity (Wildman–Crippen MR) is 102 cm³/mol. The van der Waals surface area contributed by atoms with Crippen LogP contribution in [0.1, 0.15) is 22.5 Å². The van der Waals surface area contributed by atoms with Gasteiger partial charge in [-0.2, -0.15) is 11.8 Å². The first-order valence-electron chi connectivity index (χ1n) is 8.94. The van der Waals surface area contributed by atoms with E-state index in [-0.39, 0.29) is 11.4 Å². The lowest BCUT2D eigenvalue weighted by Gasteiger charge is -2.43. The molecule has 1 amide bonds. The molecule has 2 N–H and O–H groups in total. The molecule has 0 saturated carbocycles. The van der Waals surface area contributed by atoms with E-state index in [0.29, 0.717) is 12.2 Å². The van der Waals surface area contributed by atoms with Crippen LogP contribution in [-0.4, -0.2) is 65.7 Å². The van der Waals surface area contributed by atoms with E-state index in [9.17, 15) is 4.79 Å². The second-order valence-corrected chi connectivity index (χ2v) is 8.19. The summed E-state index contributed by atoms with van der Waals surface area (Å²) in [5.41, 5.74) is 2.93. The minimum absolute atomic E-state index is 0.0154. The van der Waals surface area contributed by atoms with Gasteiger partial charge in [0, 0.05) is 41.8 Å². The number of ether oxygens (including phenoxy) is 1. The summed E-state index contributed by atoms with van der Waals surface area (Å²) in [6.07, 6.45) is 1.13. The number of hydrogen-bond donors (Lipinski definition) is 2. The van der Waals surface area contributed by atoms with Crippen LogP contribution in [-0.2, 0) is 4.74 Å². The number of morpholine rings is 1. The summed E-state index contributed by atoms with van der Waals surface area (Å²) in [5.74, 6) is 2.23. The van der Waals surface area contributed by atoms with E-state index in [1.807, 2.05) is 17.8 Å². The molecule has 2 fully saturated rings. The van der Waals surface area contributed by atoms with Crippen molar-refractivity contribution in [3.63, 3.8) is 0 Å². The van der Waals surface area contributed by atoms with Crippen molar-refractivity contribution >= 4 is 28.6 Å². The molecule has 0 aliphatic carbocycles. The molecule has 3 heterocycles. The molecular formula is C19H25N3O2S. The minimum atomic E-state index is -0.0154. The molecule has 25 heavy (non-hydrogen) atoms. The number of aromatic nitrogens is 1. The summed E-state index contributed by atoms with van der Waals surface area (Å²) in [5, 5.41) is 4.27. The van der Waals surface area contributed by atoms with E-state index in [4.69, 9.17) is 4.74 Å². The maximum atomic E-state index is 12.7. The summed E-state index contributed by atoms with van der Waals surface area (Å²) >= 11 is 1.99. The number of aromatic amines is 1. The number of thioether (sulfide) groups is 1. The lowest BCUT2D eigenvalue weighted by atomic mass is 9.95. The molecule has 2 aromatic rings. The Balaban J connectivity index is 1.47. The Hall–Kier alpha value is -1.50. The van der Waals surface area contributed by atoms with Crippen LogP contribution in [0.4, 0.5) is 0 Å². The van der Waals surface area contributed by atoms with Crippen LogP contribution >= 0.6 is 11.8 Å². The third-order valence-electron chi connectivity index (χ3n) is 5.36. The lowest BCUT2D eigenvalue weighted by molar-refractivity contribution is -0.0129. The Bertz CT molecular complexity index is 761. The highest BCUT2D eigenvalue weighted by atomic mass is 32.2. The van der Waals surface area contributed by atoms with Gasteiger partial charge in [0.05, 0.1) is 13.2 Å². The van der Waals surface area contributed by atoms with Crippen molar-refractivity contribution in [1.82, 2.24) is 15.2 Å². The Labute approximate surface area is 152 Å². The first kappa shape index (κ1) is 16.9. The molecule has 5 nitrogen and oxygen atoms in total. The number of fused-ring (bicyclic) bond motifs is 1. The molecule has 0 spiro atoms. The van der Waals surface area contributed by atoms with Crippen molar-refractivity contribution in [3.05, 3.63) is 35.5 Å². The van der Waals surface area contributed by atoms with Gasteiger partial charge in [0.15, 0.2) is 0 Å². The molecule has 1 aromatic heterocycles. The number of carbonyl (C=O) groups is 1. The third-order valence-corrected chi connectivity index (χ3v) is 6.60. The van der Waals surface area contributed by atoms with Crippen LogP contribution in [0.5, 0.6) is 0 Å². The van der Waals surface area contributed by atoms with Gasteiger partial charge in [0.2, 0.25) is 0 Å². The first-order chi connectivity index (χ1) is 12.2. The zero-order valence-corrected chi connectivity index (χ0v) is 15.5. The van der Waals surface area contributed by atoms with Gasteiger partial charge in [0.1, 0.15) is 5.69 Å². The fourth-order valence-electron chi connectivity index (χ4n) is 3.84. The summed E-state index contributed by atoms with van der Waals surface area (Å²) in [6.45, 7) is 6.27. The van der Waals surface area contributed by atoms with Crippen LogP contribution in [0.2, 0.25) is 0 Å². The molecule has 1 aromatic carbocycles. The lowest BCUT2D eigenvalue weighted by Crippen LogP contribution is -2.59. The van der Waals surface area contributed by atoms with E-state index >= 15 is 0 Å². The van der Waals surface area contributed by atoms with Crippen LogP contribution < -0.4 is 5.32 Å². The zero-order chi connectivity index (χ0) is 17.3. The highest BCUT2D eigenvalue weighted by Crippen LogP contribution is 2.33. The molecule has 0 bridgehead atoms. The second kappa shape index (κ2) is 7.02. The molecule has 134 valence electrons. The Morgan fingerprint density at radius 1 is 1.36 bits per heavy atom. The topological polar surface area (TPSA) is 57.4 Å². The Morgan fingerprint density at radius 2 is 2.20 bits per heavy atom. The second-order valence-electron chi connectivity index (χ2n) is 7.08. The van der Waals surface area contributed by atoms with Crippen LogP contribution in [0.3, 0.4) is 0 Å². The Morgan fingerprint density at radius 3 is 2.96 bits per heavy atom. The van der Waals surface area contributed by atoms with Crippen LogP contribution in [0.15, 0.2) is 24.3 Å². The number of H-pyrrole nitrogens is 1. The highest BCUT2D eigenvalue weighted by Gasteiger charge is 2.40. The number of amides is 1. The van der Waals surface area contributed by atoms with Crippen LogP contribution in [0, 0.1) is 6.92 Å². The van der Waals surface area contributed by atoms with Crippen molar-refractivity contribution in [2.24, 2.45) is 0 Å². The smallest absolute Gasteiger partial charge is 0.267 e. The van der Waals surface area contributed by atoms with E-state index in [1.165, 1.54) is 11.3 Å². The largest absolute Gasteiger partial charge is 0.379 e. The fourth-order valence-corrected chi connectivity index (χ4v) is 5.32. The van der Waals surface area contributed by atoms with Crippen molar-refractivity contribution < 1.29 is 9.53 Å². The average Bonchev–Trinajstić information content (AvgIpc) is 3.28. The minimum Gasteiger partial charge on any atom is -0.379 e. The van der Waals surface area contributed by atoms with Gasteiger partial charge >= 0.3 is 0 Å². The number of hydrogen-bond acceptors (Lipinski definition) is 4. The van der Waals surface area contributed by atoms with Crippen molar-refractivity contribution in [3.8, 4) is 0 Å². The van der Waals surface area contributed by atoms with E-state index in [1.54, 1.807) is 0 Å². The molecule has 6 heteroatoms. The number of aryl methyl sites for hydroxylation is 1. The molecule has 2 aliphatic heterocycles. The van der Waals surface area contributed by atoms with Gasteiger partial charge < -0.3 is 15.0 Å². The van der Waals surface area contributed by atoms with Gasteiger partial charge in [-0.05, 0) is 36.8 Å². The molecule has 2 aliphatic rings. The van der Waals surface area contributed by atoms with Crippen molar-refractivity contribution in [1.29, 1.82) is 0 Å². The standard InChI is InChI=1S/C19H25N3O2S/c1-14-2-3-15-11-17(21-16(15)10-14)18(23)20-12-19(4-9-25-13-19)22-5-7-24-8-6-22/h2-3,10-11,21H,4-9,12-13H2,1H3,(H,20,23). The molecule has 1 atom stereocenters. The van der Waals surface area contributed by atoms with Gasteiger partial charge in [0.25, 0.3) is 5.91 Å². The highest BCUT2D eigenvalue weighted by molar-refractivity contribution is 7.99. The molecule has 4 rings (SSSR count). The van der Waals surface area contributed by atoms with Gasteiger partial charge in [-0.3, -0.25) is 9.69 Å². The van der Waals surface area contributed by atoms with Crippen LogP contribution in [0.25, 0.3) is 10.9 Å². The first-order valence-corrected chi connectivity index (χ1v) is 10.1. The molecular weight excluding hydrogens is 334 g/mol. The van der Waals surface area contributed by atoms with E-state index in [0.717, 1.165) is 49.4 Å². The maximum absolute atomic E-state index is 12.7. The number of nitrogens with one attached hydrogen (secondary N) is 2.